The lowest BCUT2D eigenvalue weighted by Crippen LogP contribution is -2.07. The molecular formula is C16H15Cl2N3. The number of aromatic nitrogens is 3. The summed E-state index contributed by atoms with van der Waals surface area (Å²) in [6.07, 6.45) is 3.32. The highest BCUT2D eigenvalue weighted by Crippen LogP contribution is 2.19. The predicted octanol–water partition coefficient (Wildman–Crippen LogP) is 4.11. The molecule has 0 unspecified atom stereocenters. The molecule has 0 aliphatic carbocycles. The van der Waals surface area contributed by atoms with E-state index in [1.807, 2.05) is 12.1 Å². The molecule has 0 saturated heterocycles. The average molecular weight is 320 g/mol. The van der Waals surface area contributed by atoms with Crippen LogP contribution in [0, 0.1) is 0 Å². The summed E-state index contributed by atoms with van der Waals surface area (Å²) in [5, 5.41) is 0.604. The van der Waals surface area contributed by atoms with Crippen molar-refractivity contribution < 1.29 is 0 Å². The van der Waals surface area contributed by atoms with Crippen molar-refractivity contribution in [2.45, 2.75) is 19.4 Å². The molecule has 0 saturated carbocycles. The molecule has 0 aliphatic rings. The molecule has 21 heavy (non-hydrogen) atoms. The first-order chi connectivity index (χ1) is 10.3. The van der Waals surface area contributed by atoms with E-state index in [0.29, 0.717) is 10.9 Å². The van der Waals surface area contributed by atoms with Crippen molar-refractivity contribution in [3.8, 4) is 0 Å². The monoisotopic (exact) mass is 319 g/mol. The van der Waals surface area contributed by atoms with E-state index in [0.717, 1.165) is 36.4 Å². The van der Waals surface area contributed by atoms with Crippen molar-refractivity contribution in [2.75, 3.05) is 5.88 Å². The van der Waals surface area contributed by atoms with E-state index in [1.165, 1.54) is 5.56 Å². The fraction of sp³-hybridized carbons (Fsp3) is 0.250. The second-order valence-electron chi connectivity index (χ2n) is 4.85. The Balaban J connectivity index is 1.93. The van der Waals surface area contributed by atoms with Crippen LogP contribution in [-0.4, -0.2) is 20.4 Å². The lowest BCUT2D eigenvalue weighted by atomic mass is 10.1. The van der Waals surface area contributed by atoms with Crippen molar-refractivity contribution in [1.29, 1.82) is 0 Å². The summed E-state index contributed by atoms with van der Waals surface area (Å²) in [5.74, 6) is 1.51. The first-order valence-electron chi connectivity index (χ1n) is 6.88. The van der Waals surface area contributed by atoms with Gasteiger partial charge in [-0.3, -0.25) is 0 Å². The zero-order valence-electron chi connectivity index (χ0n) is 11.5. The van der Waals surface area contributed by atoms with Gasteiger partial charge in [-0.25, -0.2) is 9.97 Å². The van der Waals surface area contributed by atoms with Gasteiger partial charge in [-0.05, 0) is 18.1 Å². The van der Waals surface area contributed by atoms with Gasteiger partial charge in [0.15, 0.2) is 5.65 Å². The van der Waals surface area contributed by atoms with Crippen molar-refractivity contribution in [1.82, 2.24) is 14.5 Å². The van der Waals surface area contributed by atoms with Crippen LogP contribution in [0.1, 0.15) is 11.4 Å². The van der Waals surface area contributed by atoms with Crippen LogP contribution in [-0.2, 0) is 19.4 Å². The minimum atomic E-state index is 0.544. The highest BCUT2D eigenvalue weighted by atomic mass is 35.5. The van der Waals surface area contributed by atoms with Crippen LogP contribution < -0.4 is 0 Å². The number of aryl methyl sites for hydroxylation is 3. The maximum Gasteiger partial charge on any atom is 0.160 e. The Morgan fingerprint density at radius 3 is 2.67 bits per heavy atom. The van der Waals surface area contributed by atoms with E-state index < -0.39 is 0 Å². The number of hydrogen-bond donors (Lipinski definition) is 0. The first kappa shape index (κ1) is 14.4. The maximum absolute atomic E-state index is 5.99. The molecule has 0 amide bonds. The second-order valence-corrected chi connectivity index (χ2v) is 5.66. The third-order valence-corrected chi connectivity index (χ3v) is 3.81. The van der Waals surface area contributed by atoms with E-state index >= 15 is 0 Å². The standard InChI is InChI=1S/C16H15Cl2N3/c17-8-6-15-20-14-10-13(18)11-19-16(14)21(15)9-7-12-4-2-1-3-5-12/h1-5,10-11H,6-9H2. The summed E-state index contributed by atoms with van der Waals surface area (Å²) in [5.41, 5.74) is 3.00. The first-order valence-corrected chi connectivity index (χ1v) is 7.80. The van der Waals surface area contributed by atoms with E-state index in [1.54, 1.807) is 6.20 Å². The summed E-state index contributed by atoms with van der Waals surface area (Å²) in [6, 6.07) is 12.2. The third-order valence-electron chi connectivity index (χ3n) is 3.42. The summed E-state index contributed by atoms with van der Waals surface area (Å²) in [7, 11) is 0. The molecule has 0 N–H and O–H groups in total. The van der Waals surface area contributed by atoms with Gasteiger partial charge >= 0.3 is 0 Å². The molecule has 2 aromatic heterocycles. The Labute approximate surface area is 133 Å². The minimum Gasteiger partial charge on any atom is -0.312 e. The molecule has 0 atom stereocenters. The van der Waals surface area contributed by atoms with Crippen molar-refractivity contribution >= 4 is 34.4 Å². The molecule has 0 radical (unpaired) electrons. The molecule has 1 aromatic carbocycles. The summed E-state index contributed by atoms with van der Waals surface area (Å²) in [6.45, 7) is 0.835. The molecule has 0 fully saturated rings. The Kier molecular flexibility index (Phi) is 4.42. The van der Waals surface area contributed by atoms with Crippen LogP contribution in [0.15, 0.2) is 42.6 Å². The zero-order valence-corrected chi connectivity index (χ0v) is 13.0. The van der Waals surface area contributed by atoms with Gasteiger partial charge in [-0.2, -0.15) is 0 Å². The summed E-state index contributed by atoms with van der Waals surface area (Å²) < 4.78 is 2.14. The normalized spacial score (nSPS) is 11.1. The van der Waals surface area contributed by atoms with Gasteiger partial charge in [0.1, 0.15) is 11.3 Å². The Morgan fingerprint density at radius 2 is 1.90 bits per heavy atom. The fourth-order valence-electron chi connectivity index (χ4n) is 2.43. The van der Waals surface area contributed by atoms with Gasteiger partial charge < -0.3 is 4.57 Å². The largest absolute Gasteiger partial charge is 0.312 e. The maximum atomic E-state index is 5.99. The number of halogens is 2. The Hall–Kier alpha value is -1.58. The molecule has 0 aliphatic heterocycles. The fourth-order valence-corrected chi connectivity index (χ4v) is 2.75. The molecule has 3 nitrogen and oxygen atoms in total. The summed E-state index contributed by atoms with van der Waals surface area (Å²) in [4.78, 5) is 9.03. The Morgan fingerprint density at radius 1 is 1.10 bits per heavy atom. The van der Waals surface area contributed by atoms with Crippen LogP contribution in [0.25, 0.3) is 11.2 Å². The SMILES string of the molecule is ClCCc1nc2cc(Cl)cnc2n1CCc1ccccc1. The lowest BCUT2D eigenvalue weighted by molar-refractivity contribution is 0.670. The molecule has 2 heterocycles. The van der Waals surface area contributed by atoms with Gasteiger partial charge in [-0.15, -0.1) is 11.6 Å². The zero-order chi connectivity index (χ0) is 14.7. The molecule has 5 heteroatoms. The Bertz CT molecular complexity index is 738. The van der Waals surface area contributed by atoms with Crippen LogP contribution >= 0.6 is 23.2 Å². The van der Waals surface area contributed by atoms with Crippen molar-refractivity contribution in [3.05, 3.63) is 59.0 Å². The molecule has 0 spiro atoms. The van der Waals surface area contributed by atoms with Gasteiger partial charge in [0, 0.05) is 25.0 Å². The van der Waals surface area contributed by atoms with Gasteiger partial charge in [0.05, 0.1) is 5.02 Å². The van der Waals surface area contributed by atoms with Crippen LogP contribution in [0.4, 0.5) is 0 Å². The van der Waals surface area contributed by atoms with E-state index in [4.69, 9.17) is 23.2 Å². The van der Waals surface area contributed by atoms with Crippen LogP contribution in [0.3, 0.4) is 0 Å². The van der Waals surface area contributed by atoms with Crippen LogP contribution in [0.5, 0.6) is 0 Å². The number of imidazole rings is 1. The highest BCUT2D eigenvalue weighted by molar-refractivity contribution is 6.31. The van der Waals surface area contributed by atoms with Crippen molar-refractivity contribution in [3.63, 3.8) is 0 Å². The van der Waals surface area contributed by atoms with Gasteiger partial charge in [-0.1, -0.05) is 41.9 Å². The molecule has 3 aromatic rings. The molecule has 0 bridgehead atoms. The number of benzene rings is 1. The molecular weight excluding hydrogens is 305 g/mol. The number of nitrogens with zero attached hydrogens (tertiary/aromatic N) is 3. The number of fused-ring (bicyclic) bond motifs is 1. The van der Waals surface area contributed by atoms with E-state index in [9.17, 15) is 0 Å². The number of pyridine rings is 1. The quantitative estimate of drug-likeness (QED) is 0.662. The van der Waals surface area contributed by atoms with Gasteiger partial charge in [0.25, 0.3) is 0 Å². The predicted molar refractivity (Wildman–Crippen MR) is 87.1 cm³/mol. The second kappa shape index (κ2) is 6.46. The topological polar surface area (TPSA) is 30.7 Å². The molecule has 3 rings (SSSR count). The molecule has 108 valence electrons. The van der Waals surface area contributed by atoms with Crippen LogP contribution in [0.2, 0.25) is 5.02 Å². The van der Waals surface area contributed by atoms with Crippen molar-refractivity contribution in [2.24, 2.45) is 0 Å². The van der Waals surface area contributed by atoms with E-state index in [2.05, 4.69) is 38.8 Å². The summed E-state index contributed by atoms with van der Waals surface area (Å²) >= 11 is 11.9. The highest BCUT2D eigenvalue weighted by Gasteiger charge is 2.12. The number of rotatable bonds is 5. The minimum absolute atomic E-state index is 0.544. The smallest absolute Gasteiger partial charge is 0.160 e. The third kappa shape index (κ3) is 3.20. The van der Waals surface area contributed by atoms with E-state index in [-0.39, 0.29) is 0 Å². The van der Waals surface area contributed by atoms with Gasteiger partial charge in [0.2, 0.25) is 0 Å². The lowest BCUT2D eigenvalue weighted by Gasteiger charge is -2.08. The number of alkyl halides is 1. The number of hydrogen-bond acceptors (Lipinski definition) is 2. The average Bonchev–Trinajstić information content (AvgIpc) is 2.83.